The predicted octanol–water partition coefficient (Wildman–Crippen LogP) is 2.39. The number of rotatable bonds is 3. The second-order valence-electron chi connectivity index (χ2n) is 6.54. The Hall–Kier alpha value is -0.670. The fourth-order valence-corrected chi connectivity index (χ4v) is 3.62. The van der Waals surface area contributed by atoms with Crippen LogP contribution in [0.15, 0.2) is 11.6 Å². The minimum Gasteiger partial charge on any atom is -0.369 e. The Labute approximate surface area is 108 Å². The first kappa shape index (κ1) is 11.2. The summed E-state index contributed by atoms with van der Waals surface area (Å²) in [5.74, 6) is 0.672. The molecule has 4 unspecified atom stereocenters. The van der Waals surface area contributed by atoms with E-state index in [0.717, 1.165) is 19.4 Å². The summed E-state index contributed by atoms with van der Waals surface area (Å²) in [7, 11) is 0. The molecule has 0 aromatic rings. The quantitative estimate of drug-likeness (QED) is 0.569. The lowest BCUT2D eigenvalue weighted by molar-refractivity contribution is -0.124. The molecule has 4 fully saturated rings. The molecule has 4 atom stereocenters. The van der Waals surface area contributed by atoms with E-state index in [-0.39, 0.29) is 17.1 Å². The maximum atomic E-state index is 11.7. The third kappa shape index (κ3) is 1.68. The molecular formula is C15H20O3. The topological polar surface area (TPSA) is 42.1 Å². The van der Waals surface area contributed by atoms with E-state index in [1.54, 1.807) is 5.57 Å². The molecular weight excluding hydrogens is 228 g/mol. The van der Waals surface area contributed by atoms with E-state index in [4.69, 9.17) is 9.47 Å². The Morgan fingerprint density at radius 2 is 2.17 bits per heavy atom. The van der Waals surface area contributed by atoms with Crippen LogP contribution >= 0.6 is 0 Å². The Bertz CT molecular complexity index is 429. The minimum atomic E-state index is -0.113. The van der Waals surface area contributed by atoms with Crippen LogP contribution in [0.3, 0.4) is 0 Å². The van der Waals surface area contributed by atoms with Crippen LogP contribution in [0.1, 0.15) is 45.4 Å². The van der Waals surface area contributed by atoms with Gasteiger partial charge in [0.25, 0.3) is 0 Å². The summed E-state index contributed by atoms with van der Waals surface area (Å²) >= 11 is 0. The highest BCUT2D eigenvalue weighted by atomic mass is 16.6. The third-order valence-electron chi connectivity index (χ3n) is 5.24. The summed E-state index contributed by atoms with van der Waals surface area (Å²) in [6.07, 6.45) is 8.47. The normalized spacial score (nSPS) is 49.4. The first-order valence-electron chi connectivity index (χ1n) is 7.14. The van der Waals surface area contributed by atoms with Crippen molar-refractivity contribution in [1.82, 2.24) is 0 Å². The first-order chi connectivity index (χ1) is 8.62. The zero-order valence-corrected chi connectivity index (χ0v) is 10.9. The number of hydrogen-bond donors (Lipinski definition) is 0. The van der Waals surface area contributed by atoms with E-state index >= 15 is 0 Å². The molecule has 0 radical (unpaired) electrons. The monoisotopic (exact) mass is 248 g/mol. The van der Waals surface area contributed by atoms with Gasteiger partial charge in [-0.15, -0.1) is 0 Å². The summed E-state index contributed by atoms with van der Waals surface area (Å²) in [5, 5.41) is 0. The van der Waals surface area contributed by atoms with Gasteiger partial charge < -0.3 is 9.47 Å². The molecule has 98 valence electrons. The number of ether oxygens (including phenoxy) is 2. The lowest BCUT2D eigenvalue weighted by Crippen LogP contribution is -2.42. The van der Waals surface area contributed by atoms with E-state index < -0.39 is 0 Å². The molecule has 4 rings (SSSR count). The average Bonchev–Trinajstić information content (AvgIpc) is 3.17. The van der Waals surface area contributed by atoms with Crippen LogP contribution in [-0.2, 0) is 14.3 Å². The smallest absolute Gasteiger partial charge is 0.133 e. The minimum absolute atomic E-state index is 0.00979. The number of carbonyl (C=O) groups is 1. The van der Waals surface area contributed by atoms with Crippen LogP contribution in [0.4, 0.5) is 0 Å². The lowest BCUT2D eigenvalue weighted by atomic mass is 9.71. The standard InChI is InChI=1S/C15H20O3/c1-14(13(18-14)5-4-10-2-3-10)12-8-11(16)6-7-15(12)9-17-15/h4,12-13H,2-3,5-9H2,1H3. The molecule has 0 amide bonds. The van der Waals surface area contributed by atoms with Crippen molar-refractivity contribution >= 4 is 5.78 Å². The van der Waals surface area contributed by atoms with Crippen LogP contribution in [0, 0.1) is 5.92 Å². The van der Waals surface area contributed by atoms with Crippen LogP contribution < -0.4 is 0 Å². The first-order valence-corrected chi connectivity index (χ1v) is 7.14. The van der Waals surface area contributed by atoms with E-state index in [0.29, 0.717) is 24.7 Å². The molecule has 0 aromatic carbocycles. The number of Topliss-reactive ketones (excluding diaryl/α,β-unsaturated/α-hetero) is 1. The van der Waals surface area contributed by atoms with Gasteiger partial charge in [0.15, 0.2) is 0 Å². The predicted molar refractivity (Wildman–Crippen MR) is 66.2 cm³/mol. The van der Waals surface area contributed by atoms with Gasteiger partial charge in [0.2, 0.25) is 0 Å². The van der Waals surface area contributed by atoms with Crippen molar-refractivity contribution in [3.8, 4) is 0 Å². The van der Waals surface area contributed by atoms with E-state index in [1.807, 2.05) is 0 Å². The number of epoxide rings is 2. The molecule has 3 nitrogen and oxygen atoms in total. The van der Waals surface area contributed by atoms with Crippen molar-refractivity contribution in [2.24, 2.45) is 5.92 Å². The van der Waals surface area contributed by atoms with Gasteiger partial charge in [0.1, 0.15) is 5.78 Å². The van der Waals surface area contributed by atoms with Crippen LogP contribution in [0.25, 0.3) is 0 Å². The molecule has 0 N–H and O–H groups in total. The van der Waals surface area contributed by atoms with Gasteiger partial charge in [-0.3, -0.25) is 4.79 Å². The van der Waals surface area contributed by atoms with Crippen molar-refractivity contribution in [3.05, 3.63) is 11.6 Å². The second-order valence-corrected chi connectivity index (χ2v) is 6.54. The number of hydrogen-bond acceptors (Lipinski definition) is 3. The van der Waals surface area contributed by atoms with Crippen LogP contribution in [-0.4, -0.2) is 29.7 Å². The highest BCUT2D eigenvalue weighted by Gasteiger charge is 2.68. The number of allylic oxidation sites excluding steroid dienone is 1. The second kappa shape index (κ2) is 3.45. The largest absolute Gasteiger partial charge is 0.369 e. The maximum absolute atomic E-state index is 11.7. The van der Waals surface area contributed by atoms with Crippen molar-refractivity contribution < 1.29 is 14.3 Å². The highest BCUT2D eigenvalue weighted by Crippen LogP contribution is 2.58. The SMILES string of the molecule is CC1(C2CC(=O)CCC23CO3)OC1CC=C1CC1. The zero-order chi connectivity index (χ0) is 12.4. The van der Waals surface area contributed by atoms with Gasteiger partial charge in [0, 0.05) is 18.8 Å². The fourth-order valence-electron chi connectivity index (χ4n) is 3.62. The fraction of sp³-hybridized carbons (Fsp3) is 0.800. The third-order valence-corrected chi connectivity index (χ3v) is 5.24. The summed E-state index contributed by atoms with van der Waals surface area (Å²) < 4.78 is 11.7. The molecule has 0 aromatic heterocycles. The molecule has 4 aliphatic rings. The Morgan fingerprint density at radius 3 is 2.83 bits per heavy atom. The summed E-state index contributed by atoms with van der Waals surface area (Å²) in [6, 6.07) is 0. The maximum Gasteiger partial charge on any atom is 0.133 e. The number of ketones is 1. The van der Waals surface area contributed by atoms with Crippen molar-refractivity contribution in [1.29, 1.82) is 0 Å². The molecule has 2 aliphatic heterocycles. The summed E-state index contributed by atoms with van der Waals surface area (Å²) in [6.45, 7) is 3.01. The molecule has 3 heteroatoms. The van der Waals surface area contributed by atoms with Gasteiger partial charge in [-0.2, -0.15) is 0 Å². The average molecular weight is 248 g/mol. The van der Waals surface area contributed by atoms with Crippen molar-refractivity contribution in [2.75, 3.05) is 6.61 Å². The highest BCUT2D eigenvalue weighted by molar-refractivity contribution is 5.80. The van der Waals surface area contributed by atoms with Gasteiger partial charge in [-0.1, -0.05) is 11.6 Å². The van der Waals surface area contributed by atoms with E-state index in [2.05, 4.69) is 13.0 Å². The van der Waals surface area contributed by atoms with Crippen LogP contribution in [0.2, 0.25) is 0 Å². The zero-order valence-electron chi connectivity index (χ0n) is 10.9. The molecule has 0 bridgehead atoms. The van der Waals surface area contributed by atoms with Crippen molar-refractivity contribution in [2.45, 2.75) is 62.8 Å². The molecule has 2 saturated heterocycles. The van der Waals surface area contributed by atoms with Crippen LogP contribution in [0.5, 0.6) is 0 Å². The number of carbonyl (C=O) groups excluding carboxylic acids is 1. The molecule has 1 spiro atoms. The Morgan fingerprint density at radius 1 is 1.39 bits per heavy atom. The molecule has 2 saturated carbocycles. The van der Waals surface area contributed by atoms with E-state index in [9.17, 15) is 4.79 Å². The van der Waals surface area contributed by atoms with Gasteiger partial charge in [-0.05, 0) is 32.6 Å². The Balaban J connectivity index is 1.48. The Kier molecular flexibility index (Phi) is 2.15. The van der Waals surface area contributed by atoms with Gasteiger partial charge in [0.05, 0.1) is 23.9 Å². The van der Waals surface area contributed by atoms with Gasteiger partial charge >= 0.3 is 0 Å². The lowest BCUT2D eigenvalue weighted by Gasteiger charge is -2.31. The van der Waals surface area contributed by atoms with Gasteiger partial charge in [-0.25, -0.2) is 0 Å². The summed E-state index contributed by atoms with van der Waals surface area (Å²) in [4.78, 5) is 11.7. The van der Waals surface area contributed by atoms with E-state index in [1.165, 1.54) is 12.8 Å². The summed E-state index contributed by atoms with van der Waals surface area (Å²) in [5.41, 5.74) is 1.45. The van der Waals surface area contributed by atoms with Crippen molar-refractivity contribution in [3.63, 3.8) is 0 Å². The molecule has 18 heavy (non-hydrogen) atoms. The molecule has 2 aliphatic carbocycles. The molecule has 2 heterocycles.